The fourth-order valence-corrected chi connectivity index (χ4v) is 2.13. The van der Waals surface area contributed by atoms with Crippen LogP contribution < -0.4 is 10.1 Å². The number of carbonyl (C=O) groups is 2. The number of hydrogen-bond donors (Lipinski definition) is 2. The lowest BCUT2D eigenvalue weighted by Gasteiger charge is -2.08. The number of rotatable bonds is 8. The van der Waals surface area contributed by atoms with Crippen LogP contribution >= 0.6 is 0 Å². The molecule has 0 atom stereocenters. The Morgan fingerprint density at radius 2 is 2.13 bits per heavy atom. The number of ether oxygens (including phenoxy) is 1. The Hall–Kier alpha value is -2.76. The van der Waals surface area contributed by atoms with E-state index in [9.17, 15) is 9.59 Å². The smallest absolute Gasteiger partial charge is 0.341 e. The molecule has 0 unspecified atom stereocenters. The van der Waals surface area contributed by atoms with Crippen LogP contribution in [0.4, 0.5) is 0 Å². The van der Waals surface area contributed by atoms with Crippen LogP contribution in [0, 0.1) is 0 Å². The fourth-order valence-electron chi connectivity index (χ4n) is 2.13. The maximum absolute atomic E-state index is 12.2. The summed E-state index contributed by atoms with van der Waals surface area (Å²) in [7, 11) is 0. The van der Waals surface area contributed by atoms with E-state index in [-0.39, 0.29) is 5.91 Å². The van der Waals surface area contributed by atoms with Crippen molar-refractivity contribution in [3.8, 4) is 5.75 Å². The molecular weight excluding hydrogens is 298 g/mol. The van der Waals surface area contributed by atoms with Crippen LogP contribution in [0.2, 0.25) is 0 Å². The first-order valence-corrected chi connectivity index (χ1v) is 7.38. The molecule has 1 aromatic carbocycles. The lowest BCUT2D eigenvalue weighted by atomic mass is 10.1. The van der Waals surface area contributed by atoms with E-state index in [2.05, 4.69) is 5.32 Å². The first-order chi connectivity index (χ1) is 11.1. The summed E-state index contributed by atoms with van der Waals surface area (Å²) in [6.07, 6.45) is 3.13. The summed E-state index contributed by atoms with van der Waals surface area (Å²) in [5, 5.41) is 11.4. The van der Waals surface area contributed by atoms with Gasteiger partial charge in [0.25, 0.3) is 5.91 Å². The van der Waals surface area contributed by atoms with E-state index < -0.39 is 12.6 Å². The van der Waals surface area contributed by atoms with Gasteiger partial charge < -0.3 is 19.6 Å². The van der Waals surface area contributed by atoms with E-state index in [1.807, 2.05) is 13.0 Å². The molecule has 2 aromatic rings. The van der Waals surface area contributed by atoms with Crippen LogP contribution in [-0.2, 0) is 17.8 Å². The highest BCUT2D eigenvalue weighted by molar-refractivity contribution is 5.95. The largest absolute Gasteiger partial charge is 0.482 e. The van der Waals surface area contributed by atoms with Gasteiger partial charge in [-0.25, -0.2) is 4.79 Å². The average Bonchev–Trinajstić information content (AvgIpc) is 3.00. The molecule has 0 spiro atoms. The summed E-state index contributed by atoms with van der Waals surface area (Å²) in [6.45, 7) is 1.94. The second-order valence-electron chi connectivity index (χ2n) is 5.02. The monoisotopic (exact) mass is 317 g/mol. The summed E-state index contributed by atoms with van der Waals surface area (Å²) in [4.78, 5) is 22.7. The lowest BCUT2D eigenvalue weighted by Crippen LogP contribution is -2.23. The number of aryl methyl sites for hydroxylation is 1. The lowest BCUT2D eigenvalue weighted by molar-refractivity contribution is -0.139. The quantitative estimate of drug-likeness (QED) is 0.781. The number of hydrogen-bond acceptors (Lipinski definition) is 4. The second kappa shape index (κ2) is 8.03. The van der Waals surface area contributed by atoms with Crippen LogP contribution in [0.1, 0.15) is 35.0 Å². The minimum Gasteiger partial charge on any atom is -0.482 e. The third-order valence-corrected chi connectivity index (χ3v) is 3.18. The molecule has 122 valence electrons. The van der Waals surface area contributed by atoms with E-state index >= 15 is 0 Å². The molecule has 6 nitrogen and oxygen atoms in total. The van der Waals surface area contributed by atoms with Crippen molar-refractivity contribution in [1.82, 2.24) is 5.32 Å². The Labute approximate surface area is 134 Å². The zero-order valence-corrected chi connectivity index (χ0v) is 12.9. The number of benzene rings is 1. The average molecular weight is 317 g/mol. The van der Waals surface area contributed by atoms with E-state index in [4.69, 9.17) is 14.3 Å². The summed E-state index contributed by atoms with van der Waals surface area (Å²) >= 11 is 0. The molecule has 2 N–H and O–H groups in total. The minimum absolute atomic E-state index is 0.195. The van der Waals surface area contributed by atoms with Gasteiger partial charge in [-0.15, -0.1) is 0 Å². The summed E-state index contributed by atoms with van der Waals surface area (Å²) in [5.74, 6) is -0.0937. The van der Waals surface area contributed by atoms with Gasteiger partial charge in [-0.1, -0.05) is 19.1 Å². The Balaban J connectivity index is 1.94. The molecule has 1 amide bonds. The van der Waals surface area contributed by atoms with Crippen molar-refractivity contribution in [2.45, 2.75) is 26.3 Å². The van der Waals surface area contributed by atoms with Gasteiger partial charge in [0.2, 0.25) is 0 Å². The van der Waals surface area contributed by atoms with Gasteiger partial charge in [0.15, 0.2) is 6.61 Å². The molecule has 0 saturated carbocycles. The van der Waals surface area contributed by atoms with Gasteiger partial charge in [0.1, 0.15) is 11.5 Å². The van der Waals surface area contributed by atoms with Gasteiger partial charge in [-0.3, -0.25) is 4.79 Å². The highest BCUT2D eigenvalue weighted by Gasteiger charge is 2.13. The number of furan rings is 1. The number of amides is 1. The predicted octanol–water partition coefficient (Wildman–Crippen LogP) is 2.63. The molecule has 23 heavy (non-hydrogen) atoms. The fraction of sp³-hybridized carbons (Fsp3) is 0.294. The normalized spacial score (nSPS) is 10.3. The third-order valence-electron chi connectivity index (χ3n) is 3.18. The maximum Gasteiger partial charge on any atom is 0.341 e. The molecule has 1 heterocycles. The zero-order valence-electron chi connectivity index (χ0n) is 12.9. The van der Waals surface area contributed by atoms with Gasteiger partial charge in [-0.2, -0.15) is 0 Å². The Morgan fingerprint density at radius 3 is 2.87 bits per heavy atom. The molecule has 1 aromatic heterocycles. The summed E-state index contributed by atoms with van der Waals surface area (Å²) in [5.41, 5.74) is 1.37. The van der Waals surface area contributed by atoms with Crippen LogP contribution in [0.5, 0.6) is 5.75 Å². The molecule has 0 bridgehead atoms. The van der Waals surface area contributed by atoms with Crippen molar-refractivity contribution in [2.24, 2.45) is 0 Å². The Kier molecular flexibility index (Phi) is 5.80. The molecule has 2 rings (SSSR count). The third kappa shape index (κ3) is 4.88. The molecule has 0 aliphatic heterocycles. The highest BCUT2D eigenvalue weighted by atomic mass is 16.5. The Bertz CT molecular complexity index is 677. The molecule has 0 saturated heterocycles. The van der Waals surface area contributed by atoms with Crippen molar-refractivity contribution in [1.29, 1.82) is 0 Å². The molecule has 0 aliphatic carbocycles. The van der Waals surface area contributed by atoms with Crippen molar-refractivity contribution >= 4 is 11.9 Å². The van der Waals surface area contributed by atoms with Crippen LogP contribution in [0.25, 0.3) is 0 Å². The van der Waals surface area contributed by atoms with Crippen LogP contribution in [0.3, 0.4) is 0 Å². The molecule has 0 radical (unpaired) electrons. The first kappa shape index (κ1) is 16.6. The van der Waals surface area contributed by atoms with Crippen LogP contribution in [-0.4, -0.2) is 23.6 Å². The first-order valence-electron chi connectivity index (χ1n) is 7.38. The SMILES string of the molecule is CCCc1occc1C(=O)NCc1cccc(OCC(=O)O)c1. The molecule has 6 heteroatoms. The van der Waals surface area contributed by atoms with E-state index in [0.29, 0.717) is 30.0 Å². The number of nitrogens with one attached hydrogen (secondary N) is 1. The highest BCUT2D eigenvalue weighted by Crippen LogP contribution is 2.15. The molecule has 0 aliphatic rings. The second-order valence-corrected chi connectivity index (χ2v) is 5.02. The molecular formula is C17H19NO5. The number of aliphatic carboxylic acids is 1. The topological polar surface area (TPSA) is 88.8 Å². The van der Waals surface area contributed by atoms with Crippen LogP contribution in [0.15, 0.2) is 41.0 Å². The van der Waals surface area contributed by atoms with E-state index in [1.54, 1.807) is 24.3 Å². The van der Waals surface area contributed by atoms with Crippen molar-refractivity contribution in [2.75, 3.05) is 6.61 Å². The Morgan fingerprint density at radius 1 is 1.30 bits per heavy atom. The van der Waals surface area contributed by atoms with Crippen molar-refractivity contribution < 1.29 is 23.8 Å². The molecule has 0 fully saturated rings. The standard InChI is InChI=1S/C17H19NO5/c1-2-4-15-14(7-8-22-15)17(21)18-10-12-5-3-6-13(9-12)23-11-16(19)20/h3,5-9H,2,4,10-11H2,1H3,(H,18,21)(H,19,20). The van der Waals surface area contributed by atoms with Gasteiger partial charge >= 0.3 is 5.97 Å². The summed E-state index contributed by atoms with van der Waals surface area (Å²) in [6, 6.07) is 8.61. The number of carboxylic acids is 1. The summed E-state index contributed by atoms with van der Waals surface area (Å²) < 4.78 is 10.4. The maximum atomic E-state index is 12.2. The number of carboxylic acid groups (broad SMARTS) is 1. The van der Waals surface area contributed by atoms with Crippen molar-refractivity contribution in [3.63, 3.8) is 0 Å². The minimum atomic E-state index is -1.04. The number of carbonyl (C=O) groups excluding carboxylic acids is 1. The van der Waals surface area contributed by atoms with Gasteiger partial charge in [0.05, 0.1) is 11.8 Å². The van der Waals surface area contributed by atoms with E-state index in [1.165, 1.54) is 6.26 Å². The predicted molar refractivity (Wildman–Crippen MR) is 83.4 cm³/mol. The van der Waals surface area contributed by atoms with Gasteiger partial charge in [0, 0.05) is 13.0 Å². The van der Waals surface area contributed by atoms with Gasteiger partial charge in [-0.05, 0) is 30.2 Å². The van der Waals surface area contributed by atoms with E-state index in [0.717, 1.165) is 12.0 Å². The van der Waals surface area contributed by atoms with Crippen molar-refractivity contribution in [3.05, 3.63) is 53.5 Å². The zero-order chi connectivity index (χ0) is 16.7.